The van der Waals surface area contributed by atoms with Gasteiger partial charge >= 0.3 is 0 Å². The molecule has 78 valence electrons. The first kappa shape index (κ1) is 12.5. The van der Waals surface area contributed by atoms with Gasteiger partial charge in [-0.2, -0.15) is 0 Å². The Hall–Kier alpha value is -0.460. The maximum absolute atomic E-state index is 4.18. The molecule has 0 aromatic heterocycles. The minimum atomic E-state index is 0.212. The molecule has 0 saturated heterocycles. The molecule has 0 fully saturated rings. The van der Waals surface area contributed by atoms with Crippen molar-refractivity contribution in [1.82, 2.24) is 4.90 Å². The van der Waals surface area contributed by atoms with Crippen molar-refractivity contribution in [2.75, 3.05) is 13.1 Å². The largest absolute Gasteiger partial charge is 0.375 e. The molecule has 0 atom stereocenters. The Morgan fingerprint density at radius 1 is 1.23 bits per heavy atom. The quantitative estimate of drug-likeness (QED) is 0.628. The Kier molecular flexibility index (Phi) is 5.12. The lowest BCUT2D eigenvalue weighted by Crippen LogP contribution is -2.30. The van der Waals surface area contributed by atoms with Crippen molar-refractivity contribution in [2.24, 2.45) is 5.41 Å². The fourth-order valence-corrected chi connectivity index (χ4v) is 1.31. The second-order valence-electron chi connectivity index (χ2n) is 4.63. The predicted molar refractivity (Wildman–Crippen MR) is 60.8 cm³/mol. The van der Waals surface area contributed by atoms with Gasteiger partial charge in [0.2, 0.25) is 0 Å². The van der Waals surface area contributed by atoms with Crippen LogP contribution < -0.4 is 0 Å². The Balaban J connectivity index is 4.16. The molecule has 0 rings (SSSR count). The van der Waals surface area contributed by atoms with Gasteiger partial charge in [0.15, 0.2) is 0 Å². The highest BCUT2D eigenvalue weighted by Crippen LogP contribution is 2.26. The Morgan fingerprint density at radius 2 is 1.77 bits per heavy atom. The van der Waals surface area contributed by atoms with E-state index in [1.165, 1.54) is 18.5 Å². The summed E-state index contributed by atoms with van der Waals surface area (Å²) < 4.78 is 0. The van der Waals surface area contributed by atoms with E-state index in [-0.39, 0.29) is 5.41 Å². The molecule has 0 amide bonds. The minimum Gasteiger partial charge on any atom is -0.375 e. The van der Waals surface area contributed by atoms with E-state index < -0.39 is 0 Å². The van der Waals surface area contributed by atoms with E-state index in [4.69, 9.17) is 0 Å². The van der Waals surface area contributed by atoms with Crippen molar-refractivity contribution < 1.29 is 0 Å². The molecule has 0 aliphatic heterocycles. The normalized spacial score (nSPS) is 11.5. The number of unbranched alkanes of at least 4 members (excludes halogenated alkanes) is 1. The maximum atomic E-state index is 4.18. The zero-order chi connectivity index (χ0) is 10.5. The van der Waals surface area contributed by atoms with E-state index in [9.17, 15) is 0 Å². The molecule has 0 heterocycles. The van der Waals surface area contributed by atoms with Crippen molar-refractivity contribution >= 4 is 0 Å². The molecule has 0 aromatic carbocycles. The van der Waals surface area contributed by atoms with Crippen molar-refractivity contribution in [2.45, 2.75) is 47.5 Å². The summed E-state index contributed by atoms with van der Waals surface area (Å²) in [6.45, 7) is 17.5. The van der Waals surface area contributed by atoms with Gasteiger partial charge in [0.05, 0.1) is 0 Å². The first-order valence-electron chi connectivity index (χ1n) is 5.37. The molecule has 0 spiro atoms. The van der Waals surface area contributed by atoms with Gasteiger partial charge in [-0.3, -0.25) is 0 Å². The van der Waals surface area contributed by atoms with Gasteiger partial charge in [-0.25, -0.2) is 0 Å². The lowest BCUT2D eigenvalue weighted by Gasteiger charge is -2.33. The van der Waals surface area contributed by atoms with Crippen molar-refractivity contribution in [3.8, 4) is 0 Å². The summed E-state index contributed by atoms with van der Waals surface area (Å²) in [6, 6.07) is 0. The molecule has 0 aliphatic rings. The highest BCUT2D eigenvalue weighted by molar-refractivity contribution is 5.03. The van der Waals surface area contributed by atoms with Crippen LogP contribution in [0.25, 0.3) is 0 Å². The van der Waals surface area contributed by atoms with E-state index in [2.05, 4.69) is 46.1 Å². The Bertz CT molecular complexity index is 153. The summed E-state index contributed by atoms with van der Waals surface area (Å²) in [5.74, 6) is 0. The topological polar surface area (TPSA) is 3.24 Å². The summed E-state index contributed by atoms with van der Waals surface area (Å²) in [6.07, 6.45) is 2.52. The standard InChI is InChI=1S/C12H25N/c1-7-9-10-13(8-2)11(3)12(4,5)6/h3,7-10H2,1-2,4-6H3. The van der Waals surface area contributed by atoms with E-state index in [1.807, 2.05) is 0 Å². The summed E-state index contributed by atoms with van der Waals surface area (Å²) in [7, 11) is 0. The van der Waals surface area contributed by atoms with Crippen molar-refractivity contribution in [1.29, 1.82) is 0 Å². The third kappa shape index (κ3) is 4.35. The van der Waals surface area contributed by atoms with E-state index in [1.54, 1.807) is 0 Å². The zero-order valence-corrected chi connectivity index (χ0v) is 9.98. The second kappa shape index (κ2) is 5.31. The fourth-order valence-electron chi connectivity index (χ4n) is 1.31. The van der Waals surface area contributed by atoms with E-state index >= 15 is 0 Å². The number of hydrogen-bond donors (Lipinski definition) is 0. The van der Waals surface area contributed by atoms with Crippen LogP contribution in [0.5, 0.6) is 0 Å². The van der Waals surface area contributed by atoms with Crippen molar-refractivity contribution in [3.63, 3.8) is 0 Å². The van der Waals surface area contributed by atoms with Crippen LogP contribution in [0.1, 0.15) is 47.5 Å². The first-order chi connectivity index (χ1) is 5.93. The maximum Gasteiger partial charge on any atom is 0.0174 e. The molecular weight excluding hydrogens is 158 g/mol. The van der Waals surface area contributed by atoms with Crippen LogP contribution in [0.4, 0.5) is 0 Å². The molecule has 0 bridgehead atoms. The fraction of sp³-hybridized carbons (Fsp3) is 0.833. The van der Waals surface area contributed by atoms with Gasteiger partial charge in [-0.15, -0.1) is 0 Å². The molecular formula is C12H25N. The van der Waals surface area contributed by atoms with Crippen LogP contribution >= 0.6 is 0 Å². The molecule has 0 radical (unpaired) electrons. The summed E-state index contributed by atoms with van der Waals surface area (Å²) in [5, 5.41) is 0. The molecule has 0 N–H and O–H groups in total. The molecule has 1 heteroatoms. The van der Waals surface area contributed by atoms with Gasteiger partial charge < -0.3 is 4.90 Å². The van der Waals surface area contributed by atoms with Crippen LogP contribution in [-0.4, -0.2) is 18.0 Å². The van der Waals surface area contributed by atoms with Crippen LogP contribution in [0.2, 0.25) is 0 Å². The second-order valence-corrected chi connectivity index (χ2v) is 4.63. The number of nitrogens with zero attached hydrogens (tertiary/aromatic N) is 1. The van der Waals surface area contributed by atoms with Crippen molar-refractivity contribution in [3.05, 3.63) is 12.3 Å². The Labute approximate surface area is 83.8 Å². The number of allylic oxidation sites excluding steroid dienone is 1. The lowest BCUT2D eigenvalue weighted by atomic mass is 9.91. The lowest BCUT2D eigenvalue weighted by molar-refractivity contribution is 0.276. The Morgan fingerprint density at radius 3 is 2.08 bits per heavy atom. The van der Waals surface area contributed by atoms with Gasteiger partial charge in [-0.1, -0.05) is 40.7 Å². The zero-order valence-electron chi connectivity index (χ0n) is 9.98. The SMILES string of the molecule is C=C(N(CC)CCCC)C(C)(C)C. The average Bonchev–Trinajstić information content (AvgIpc) is 2.04. The highest BCUT2D eigenvalue weighted by atomic mass is 15.1. The summed E-state index contributed by atoms with van der Waals surface area (Å²) in [4.78, 5) is 2.39. The van der Waals surface area contributed by atoms with Gasteiger partial charge in [0.1, 0.15) is 0 Å². The third-order valence-electron chi connectivity index (χ3n) is 2.41. The van der Waals surface area contributed by atoms with Crippen LogP contribution in [0.3, 0.4) is 0 Å². The first-order valence-corrected chi connectivity index (χ1v) is 5.37. The summed E-state index contributed by atoms with van der Waals surface area (Å²) >= 11 is 0. The number of rotatable bonds is 5. The van der Waals surface area contributed by atoms with Gasteiger partial charge in [-0.05, 0) is 13.3 Å². The average molecular weight is 183 g/mol. The monoisotopic (exact) mass is 183 g/mol. The predicted octanol–water partition coefficient (Wildman–Crippen LogP) is 3.67. The molecule has 1 nitrogen and oxygen atoms in total. The van der Waals surface area contributed by atoms with Crippen LogP contribution in [0, 0.1) is 5.41 Å². The minimum absolute atomic E-state index is 0.212. The molecule has 0 saturated carbocycles. The smallest absolute Gasteiger partial charge is 0.0174 e. The van der Waals surface area contributed by atoms with Crippen LogP contribution in [-0.2, 0) is 0 Å². The van der Waals surface area contributed by atoms with Gasteiger partial charge in [0.25, 0.3) is 0 Å². The molecule has 0 aliphatic carbocycles. The molecule has 0 unspecified atom stereocenters. The van der Waals surface area contributed by atoms with Crippen LogP contribution in [0.15, 0.2) is 12.3 Å². The third-order valence-corrected chi connectivity index (χ3v) is 2.41. The highest BCUT2D eigenvalue weighted by Gasteiger charge is 2.19. The molecule has 13 heavy (non-hydrogen) atoms. The number of hydrogen-bond acceptors (Lipinski definition) is 1. The molecule has 0 aromatic rings. The van der Waals surface area contributed by atoms with E-state index in [0.29, 0.717) is 0 Å². The van der Waals surface area contributed by atoms with Gasteiger partial charge in [0, 0.05) is 24.2 Å². The summed E-state index contributed by atoms with van der Waals surface area (Å²) in [5.41, 5.74) is 1.48. The van der Waals surface area contributed by atoms with E-state index in [0.717, 1.165) is 13.1 Å².